The van der Waals surface area contributed by atoms with Crippen LogP contribution in [0.25, 0.3) is 0 Å². The second-order valence-corrected chi connectivity index (χ2v) is 10.4. The van der Waals surface area contributed by atoms with E-state index in [1.807, 2.05) is 18.2 Å². The summed E-state index contributed by atoms with van der Waals surface area (Å²) in [6.07, 6.45) is 2.20. The van der Waals surface area contributed by atoms with Crippen LogP contribution in [0.5, 0.6) is 0 Å². The highest BCUT2D eigenvalue weighted by Crippen LogP contribution is 2.36. The number of rotatable bonds is 7. The molecule has 4 nitrogen and oxygen atoms in total. The topological polar surface area (TPSA) is 29.5 Å². The van der Waals surface area contributed by atoms with Crippen molar-refractivity contribution in [1.82, 2.24) is 0 Å². The van der Waals surface area contributed by atoms with E-state index in [4.69, 9.17) is 16.3 Å². The maximum Gasteiger partial charge on any atom is 0.415 e. The van der Waals surface area contributed by atoms with Crippen LogP contribution >= 0.6 is 11.6 Å². The van der Waals surface area contributed by atoms with Crippen molar-refractivity contribution in [3.8, 4) is 0 Å². The number of anilines is 1. The van der Waals surface area contributed by atoms with Gasteiger partial charge in [-0.3, -0.25) is 4.90 Å². The first-order chi connectivity index (χ1) is 17.4. The molecule has 3 saturated heterocycles. The number of carbonyl (C=O) groups excluding carboxylic acids is 1. The number of ether oxygens (including phenoxy) is 1. The van der Waals surface area contributed by atoms with Crippen LogP contribution < -0.4 is 4.90 Å². The van der Waals surface area contributed by atoms with Crippen molar-refractivity contribution in [2.24, 2.45) is 5.92 Å². The van der Waals surface area contributed by atoms with E-state index in [0.717, 1.165) is 66.1 Å². The molecule has 2 bridgehead atoms. The summed E-state index contributed by atoms with van der Waals surface area (Å²) in [5.41, 5.74) is 2.28. The number of halogens is 3. The Morgan fingerprint density at radius 2 is 1.72 bits per heavy atom. The van der Waals surface area contributed by atoms with Crippen LogP contribution in [0.4, 0.5) is 19.3 Å². The van der Waals surface area contributed by atoms with Gasteiger partial charge < -0.3 is 9.22 Å². The summed E-state index contributed by atoms with van der Waals surface area (Å²) in [6, 6.07) is 19.8. The van der Waals surface area contributed by atoms with Gasteiger partial charge in [-0.2, -0.15) is 0 Å². The van der Waals surface area contributed by atoms with Crippen LogP contribution in [0.3, 0.4) is 0 Å². The van der Waals surface area contributed by atoms with Crippen LogP contribution in [0.2, 0.25) is 5.02 Å². The number of nitrogens with zero attached hydrogens (tertiary/aromatic N) is 2. The Balaban J connectivity index is 1.31. The zero-order chi connectivity index (χ0) is 25.1. The molecule has 1 atom stereocenters. The molecule has 0 N–H and O–H groups in total. The van der Waals surface area contributed by atoms with Crippen molar-refractivity contribution in [1.29, 1.82) is 0 Å². The number of amides is 1. The fourth-order valence-electron chi connectivity index (χ4n) is 5.60. The molecule has 188 valence electrons. The minimum absolute atomic E-state index is 0.159. The molecule has 3 heterocycles. The Morgan fingerprint density at radius 3 is 2.44 bits per heavy atom. The highest BCUT2D eigenvalue weighted by atomic mass is 35.5. The van der Waals surface area contributed by atoms with Crippen LogP contribution in [0, 0.1) is 17.6 Å². The highest BCUT2D eigenvalue weighted by molar-refractivity contribution is 6.31. The average molecular weight is 512 g/mol. The second-order valence-electron chi connectivity index (χ2n) is 9.99. The summed E-state index contributed by atoms with van der Waals surface area (Å²) in [4.78, 5) is 14.9. The van der Waals surface area contributed by atoms with Gasteiger partial charge in [-0.15, -0.1) is 0 Å². The van der Waals surface area contributed by atoms with E-state index >= 15 is 0 Å². The van der Waals surface area contributed by atoms with Gasteiger partial charge in [0.25, 0.3) is 0 Å². The first-order valence-corrected chi connectivity index (χ1v) is 12.9. The van der Waals surface area contributed by atoms with Crippen LogP contribution in [-0.4, -0.2) is 42.9 Å². The minimum Gasteiger partial charge on any atom is -0.440 e. The number of carbonyl (C=O) groups is 1. The van der Waals surface area contributed by atoms with E-state index in [9.17, 15) is 13.6 Å². The van der Waals surface area contributed by atoms with Gasteiger partial charge in [0, 0.05) is 30.2 Å². The molecule has 3 aromatic rings. The SMILES string of the molecule is O=C(OC1C[N+]2(CCc3ccccc3Cl)CCC1CC2)N(Cc1ccc(F)cc1)c1cccc(F)c1. The number of quaternary nitrogens is 1. The lowest BCUT2D eigenvalue weighted by atomic mass is 9.83. The Labute approximate surface area is 215 Å². The number of fused-ring (bicyclic) bond motifs is 3. The third-order valence-corrected chi connectivity index (χ3v) is 8.07. The summed E-state index contributed by atoms with van der Waals surface area (Å²) < 4.78 is 34.5. The monoisotopic (exact) mass is 511 g/mol. The zero-order valence-corrected chi connectivity index (χ0v) is 20.8. The molecule has 3 aromatic carbocycles. The van der Waals surface area contributed by atoms with E-state index in [-0.39, 0.29) is 18.5 Å². The fraction of sp³-hybridized carbons (Fsp3) is 0.345. The summed E-state index contributed by atoms with van der Waals surface area (Å²) >= 11 is 6.39. The van der Waals surface area contributed by atoms with Gasteiger partial charge in [-0.05, 0) is 47.5 Å². The number of piperidine rings is 3. The molecule has 1 amide bonds. The van der Waals surface area contributed by atoms with Crippen molar-refractivity contribution in [2.45, 2.75) is 31.9 Å². The highest BCUT2D eigenvalue weighted by Gasteiger charge is 2.47. The smallest absolute Gasteiger partial charge is 0.415 e. The molecule has 3 aliphatic heterocycles. The molecule has 0 spiro atoms. The Kier molecular flexibility index (Phi) is 7.26. The summed E-state index contributed by atoms with van der Waals surface area (Å²) in [5.74, 6) is -0.456. The quantitative estimate of drug-likeness (QED) is 0.334. The predicted molar refractivity (Wildman–Crippen MR) is 137 cm³/mol. The largest absolute Gasteiger partial charge is 0.440 e. The Morgan fingerprint density at radius 1 is 0.972 bits per heavy atom. The van der Waals surface area contributed by atoms with Crippen molar-refractivity contribution in [3.63, 3.8) is 0 Å². The van der Waals surface area contributed by atoms with E-state index in [0.29, 0.717) is 11.6 Å². The summed E-state index contributed by atoms with van der Waals surface area (Å²) in [6.45, 7) is 4.03. The Bertz CT molecular complexity index is 1210. The summed E-state index contributed by atoms with van der Waals surface area (Å²) in [7, 11) is 0. The van der Waals surface area contributed by atoms with Gasteiger partial charge >= 0.3 is 6.09 Å². The van der Waals surface area contributed by atoms with E-state index < -0.39 is 11.9 Å². The van der Waals surface area contributed by atoms with E-state index in [2.05, 4.69) is 6.07 Å². The molecule has 0 aromatic heterocycles. The van der Waals surface area contributed by atoms with Crippen molar-refractivity contribution in [2.75, 3.05) is 31.1 Å². The minimum atomic E-state index is -0.507. The van der Waals surface area contributed by atoms with E-state index in [1.54, 1.807) is 24.3 Å². The molecular weight excluding hydrogens is 482 g/mol. The summed E-state index contributed by atoms with van der Waals surface area (Å²) in [5, 5.41) is 0.789. The van der Waals surface area contributed by atoms with E-state index in [1.165, 1.54) is 29.2 Å². The standard InChI is InChI=1S/C29H30ClF2N2O2/c30-27-7-2-1-4-22(27)12-15-34-16-13-23(14-17-34)28(20-34)36-29(35)33(26-6-3-5-25(32)18-26)19-21-8-10-24(31)11-9-21/h1-11,18,23,28H,12-17,19-20H2/q+1. The molecule has 0 radical (unpaired) electrons. The molecular formula is C29H30ClF2N2O2+. The molecule has 3 aliphatic rings. The van der Waals surface area contributed by atoms with Gasteiger partial charge in [0.05, 0.1) is 31.9 Å². The number of benzene rings is 3. The average Bonchev–Trinajstić information content (AvgIpc) is 2.88. The van der Waals surface area contributed by atoms with Crippen molar-refractivity contribution >= 4 is 23.4 Å². The molecule has 1 unspecified atom stereocenters. The van der Waals surface area contributed by atoms with Gasteiger partial charge in [-0.1, -0.05) is 48.0 Å². The van der Waals surface area contributed by atoms with Gasteiger partial charge in [0.1, 0.15) is 18.2 Å². The van der Waals surface area contributed by atoms with Gasteiger partial charge in [-0.25, -0.2) is 13.6 Å². The normalized spacial score (nSPS) is 22.9. The van der Waals surface area contributed by atoms with Crippen LogP contribution in [0.1, 0.15) is 24.0 Å². The zero-order valence-electron chi connectivity index (χ0n) is 20.1. The van der Waals surface area contributed by atoms with Crippen molar-refractivity contribution < 1.29 is 22.8 Å². The maximum atomic E-state index is 14.0. The first-order valence-electron chi connectivity index (χ1n) is 12.5. The molecule has 0 saturated carbocycles. The first kappa shape index (κ1) is 24.7. The fourth-order valence-corrected chi connectivity index (χ4v) is 5.83. The number of hydrogen-bond acceptors (Lipinski definition) is 2. The Hall–Kier alpha value is -2.96. The van der Waals surface area contributed by atoms with Gasteiger partial charge in [0.2, 0.25) is 0 Å². The van der Waals surface area contributed by atoms with Crippen LogP contribution in [0.15, 0.2) is 72.8 Å². The third kappa shape index (κ3) is 5.55. The molecule has 0 aliphatic carbocycles. The molecule has 3 fully saturated rings. The lowest BCUT2D eigenvalue weighted by Gasteiger charge is -2.52. The lowest BCUT2D eigenvalue weighted by molar-refractivity contribution is -0.945. The van der Waals surface area contributed by atoms with Crippen LogP contribution in [-0.2, 0) is 17.7 Å². The third-order valence-electron chi connectivity index (χ3n) is 7.70. The van der Waals surface area contributed by atoms with Crippen molar-refractivity contribution in [3.05, 3.63) is 101 Å². The number of hydrogen-bond donors (Lipinski definition) is 0. The molecule has 7 heteroatoms. The lowest BCUT2D eigenvalue weighted by Crippen LogP contribution is -2.65. The second kappa shape index (κ2) is 10.6. The molecule has 6 rings (SSSR count). The molecule has 36 heavy (non-hydrogen) atoms. The predicted octanol–water partition coefficient (Wildman–Crippen LogP) is 6.61. The maximum absolute atomic E-state index is 14.0. The van der Waals surface area contributed by atoms with Gasteiger partial charge in [0.15, 0.2) is 6.10 Å².